The molecule has 1 saturated carbocycles. The van der Waals surface area contributed by atoms with Crippen LogP contribution in [0.2, 0.25) is 0 Å². The number of rotatable bonds is 1. The van der Waals surface area contributed by atoms with Gasteiger partial charge in [-0.15, -0.1) is 0 Å². The third-order valence-electron chi connectivity index (χ3n) is 3.10. The van der Waals surface area contributed by atoms with Crippen LogP contribution in [0.25, 0.3) is 5.52 Å². The number of halogens is 1. The molecular formula is C11H11BrN2O. The van der Waals surface area contributed by atoms with Gasteiger partial charge in [0.25, 0.3) is 0 Å². The lowest BCUT2D eigenvalue weighted by molar-refractivity contribution is 0.399. The molecule has 78 valence electrons. The fourth-order valence-electron chi connectivity index (χ4n) is 2.05. The van der Waals surface area contributed by atoms with E-state index in [0.717, 1.165) is 15.9 Å². The van der Waals surface area contributed by atoms with Crippen LogP contribution in [0.4, 0.5) is 0 Å². The van der Waals surface area contributed by atoms with Crippen molar-refractivity contribution in [2.24, 2.45) is 0 Å². The van der Waals surface area contributed by atoms with Gasteiger partial charge in [0.05, 0.1) is 0 Å². The molecule has 0 unspecified atom stereocenters. The Bertz CT molecular complexity index is 517. The second-order valence-electron chi connectivity index (χ2n) is 4.00. The summed E-state index contributed by atoms with van der Waals surface area (Å²) in [6.45, 7) is 0. The molecule has 0 aromatic carbocycles. The lowest BCUT2D eigenvalue weighted by Gasteiger charge is -2.23. The quantitative estimate of drug-likeness (QED) is 0.862. The number of nitrogens with zero attached hydrogens (tertiary/aromatic N) is 2. The van der Waals surface area contributed by atoms with E-state index in [4.69, 9.17) is 0 Å². The normalized spacial score (nSPS) is 16.9. The Morgan fingerprint density at radius 1 is 1.47 bits per heavy atom. The number of imidazole rings is 1. The molecule has 3 rings (SSSR count). The van der Waals surface area contributed by atoms with Crippen molar-refractivity contribution in [1.82, 2.24) is 9.38 Å². The van der Waals surface area contributed by atoms with E-state index in [-0.39, 0.29) is 5.75 Å². The smallest absolute Gasteiger partial charge is 0.142 e. The maximum atomic E-state index is 9.75. The molecule has 0 atom stereocenters. The summed E-state index contributed by atoms with van der Waals surface area (Å²) in [5.41, 5.74) is 0.777. The third-order valence-corrected chi connectivity index (χ3v) is 3.65. The highest BCUT2D eigenvalue weighted by Crippen LogP contribution is 2.38. The first-order chi connectivity index (χ1) is 7.27. The van der Waals surface area contributed by atoms with Crippen molar-refractivity contribution in [3.8, 4) is 5.75 Å². The molecule has 0 aliphatic heterocycles. The summed E-state index contributed by atoms with van der Waals surface area (Å²) in [4.78, 5) is 4.49. The number of fused-ring (bicyclic) bond motifs is 1. The standard InChI is InChI=1S/C11H11BrN2O/c12-10-9-8(15)5-2-6-14(9)11(13-10)7-3-1-4-7/h2,5-7,15H,1,3-4H2. The van der Waals surface area contributed by atoms with Crippen LogP contribution in [-0.4, -0.2) is 14.5 Å². The van der Waals surface area contributed by atoms with Gasteiger partial charge in [-0.2, -0.15) is 0 Å². The van der Waals surface area contributed by atoms with Crippen molar-refractivity contribution in [3.05, 3.63) is 28.8 Å². The van der Waals surface area contributed by atoms with Gasteiger partial charge in [0.15, 0.2) is 0 Å². The minimum Gasteiger partial charge on any atom is -0.506 e. The lowest BCUT2D eigenvalue weighted by Crippen LogP contribution is -2.12. The summed E-state index contributed by atoms with van der Waals surface area (Å²) < 4.78 is 2.73. The highest BCUT2D eigenvalue weighted by molar-refractivity contribution is 9.10. The molecule has 2 heterocycles. The van der Waals surface area contributed by atoms with E-state index >= 15 is 0 Å². The second-order valence-corrected chi connectivity index (χ2v) is 4.75. The van der Waals surface area contributed by atoms with E-state index in [0.29, 0.717) is 5.92 Å². The minimum absolute atomic E-state index is 0.280. The molecule has 1 aliphatic rings. The van der Waals surface area contributed by atoms with Crippen molar-refractivity contribution in [2.75, 3.05) is 0 Å². The van der Waals surface area contributed by atoms with E-state index in [2.05, 4.69) is 20.9 Å². The Hall–Kier alpha value is -1.03. The summed E-state index contributed by atoms with van der Waals surface area (Å²) in [5, 5.41) is 9.75. The summed E-state index contributed by atoms with van der Waals surface area (Å²) >= 11 is 3.40. The van der Waals surface area contributed by atoms with Crippen LogP contribution in [-0.2, 0) is 0 Å². The van der Waals surface area contributed by atoms with E-state index in [1.165, 1.54) is 19.3 Å². The van der Waals surface area contributed by atoms with Crippen molar-refractivity contribution in [3.63, 3.8) is 0 Å². The largest absolute Gasteiger partial charge is 0.506 e. The van der Waals surface area contributed by atoms with Crippen LogP contribution >= 0.6 is 15.9 Å². The molecule has 0 amide bonds. The van der Waals surface area contributed by atoms with Crippen LogP contribution in [0.1, 0.15) is 31.0 Å². The summed E-state index contributed by atoms with van der Waals surface area (Å²) in [6.07, 6.45) is 5.67. The molecule has 0 spiro atoms. The molecular weight excluding hydrogens is 256 g/mol. The molecule has 0 saturated heterocycles. The zero-order chi connectivity index (χ0) is 10.4. The molecule has 0 radical (unpaired) electrons. The van der Waals surface area contributed by atoms with E-state index < -0.39 is 0 Å². The highest BCUT2D eigenvalue weighted by atomic mass is 79.9. The Balaban J connectivity index is 2.27. The molecule has 2 aromatic heterocycles. The Labute approximate surface area is 95.9 Å². The Kier molecular flexibility index (Phi) is 1.99. The van der Waals surface area contributed by atoms with Gasteiger partial charge >= 0.3 is 0 Å². The van der Waals surface area contributed by atoms with Crippen LogP contribution < -0.4 is 0 Å². The maximum absolute atomic E-state index is 9.75. The van der Waals surface area contributed by atoms with Crippen molar-refractivity contribution in [1.29, 1.82) is 0 Å². The first-order valence-corrected chi connectivity index (χ1v) is 5.92. The Morgan fingerprint density at radius 3 is 2.93 bits per heavy atom. The second kappa shape index (κ2) is 3.23. The maximum Gasteiger partial charge on any atom is 0.142 e. The number of pyridine rings is 1. The minimum atomic E-state index is 0.280. The average Bonchev–Trinajstić information content (AvgIpc) is 2.43. The zero-order valence-electron chi connectivity index (χ0n) is 8.15. The first-order valence-electron chi connectivity index (χ1n) is 5.13. The van der Waals surface area contributed by atoms with Gasteiger partial charge in [0, 0.05) is 12.1 Å². The SMILES string of the molecule is Oc1cccn2c(C3CCC3)nc(Br)c12. The van der Waals surface area contributed by atoms with E-state index in [1.807, 2.05) is 16.7 Å². The van der Waals surface area contributed by atoms with Gasteiger partial charge in [-0.05, 0) is 40.9 Å². The lowest BCUT2D eigenvalue weighted by atomic mass is 9.85. The van der Waals surface area contributed by atoms with Gasteiger partial charge < -0.3 is 5.11 Å². The topological polar surface area (TPSA) is 37.5 Å². The van der Waals surface area contributed by atoms with Crippen LogP contribution in [0, 0.1) is 0 Å². The van der Waals surface area contributed by atoms with Gasteiger partial charge in [0.1, 0.15) is 21.7 Å². The summed E-state index contributed by atoms with van der Waals surface area (Å²) in [7, 11) is 0. The number of aromatic nitrogens is 2. The summed E-state index contributed by atoms with van der Waals surface area (Å²) in [6, 6.07) is 3.53. The Morgan fingerprint density at radius 2 is 2.27 bits per heavy atom. The fourth-order valence-corrected chi connectivity index (χ4v) is 2.63. The van der Waals surface area contributed by atoms with Gasteiger partial charge in [-0.25, -0.2) is 4.98 Å². The fraction of sp³-hybridized carbons (Fsp3) is 0.364. The third kappa shape index (κ3) is 1.28. The predicted octanol–water partition coefficient (Wildman–Crippen LogP) is 3.07. The van der Waals surface area contributed by atoms with Crippen molar-refractivity contribution >= 4 is 21.4 Å². The summed E-state index contributed by atoms with van der Waals surface area (Å²) in [5.74, 6) is 1.91. The van der Waals surface area contributed by atoms with Crippen LogP contribution in [0.3, 0.4) is 0 Å². The van der Waals surface area contributed by atoms with Crippen molar-refractivity contribution in [2.45, 2.75) is 25.2 Å². The van der Waals surface area contributed by atoms with Crippen LogP contribution in [0.5, 0.6) is 5.75 Å². The van der Waals surface area contributed by atoms with E-state index in [1.54, 1.807) is 6.07 Å². The van der Waals surface area contributed by atoms with Gasteiger partial charge in [-0.3, -0.25) is 4.40 Å². The van der Waals surface area contributed by atoms with Gasteiger partial charge in [-0.1, -0.05) is 6.42 Å². The highest BCUT2D eigenvalue weighted by Gasteiger charge is 2.25. The molecule has 3 nitrogen and oxygen atoms in total. The predicted molar refractivity (Wildman–Crippen MR) is 61.1 cm³/mol. The first kappa shape index (κ1) is 9.21. The molecule has 2 aromatic rings. The van der Waals surface area contributed by atoms with Crippen LogP contribution in [0.15, 0.2) is 22.9 Å². The molecule has 1 fully saturated rings. The number of hydrogen-bond acceptors (Lipinski definition) is 2. The molecule has 0 bridgehead atoms. The molecule has 4 heteroatoms. The van der Waals surface area contributed by atoms with Gasteiger partial charge in [0.2, 0.25) is 0 Å². The van der Waals surface area contributed by atoms with E-state index in [9.17, 15) is 5.11 Å². The molecule has 1 N–H and O–H groups in total. The molecule has 15 heavy (non-hydrogen) atoms. The zero-order valence-corrected chi connectivity index (χ0v) is 9.74. The average molecular weight is 267 g/mol. The monoisotopic (exact) mass is 266 g/mol. The number of hydrogen-bond donors (Lipinski definition) is 1. The van der Waals surface area contributed by atoms with Crippen molar-refractivity contribution < 1.29 is 5.11 Å². The number of aromatic hydroxyl groups is 1. The molecule has 1 aliphatic carbocycles.